The number of halogens is 1. The third-order valence-corrected chi connectivity index (χ3v) is 4.14. The van der Waals surface area contributed by atoms with Crippen LogP contribution < -0.4 is 11.3 Å². The van der Waals surface area contributed by atoms with E-state index in [1.54, 1.807) is 11.3 Å². The molecule has 1 unspecified atom stereocenters. The molecule has 0 radical (unpaired) electrons. The van der Waals surface area contributed by atoms with Crippen LogP contribution in [-0.4, -0.2) is 4.98 Å². The van der Waals surface area contributed by atoms with E-state index in [2.05, 4.69) is 37.8 Å². The van der Waals surface area contributed by atoms with E-state index in [1.165, 1.54) is 5.56 Å². The summed E-state index contributed by atoms with van der Waals surface area (Å²) in [5, 5.41) is 3.11. The van der Waals surface area contributed by atoms with Gasteiger partial charge in [0.1, 0.15) is 0 Å². The van der Waals surface area contributed by atoms with Gasteiger partial charge in [-0.1, -0.05) is 34.1 Å². The van der Waals surface area contributed by atoms with Gasteiger partial charge in [0.05, 0.1) is 16.7 Å². The van der Waals surface area contributed by atoms with Crippen LogP contribution >= 0.6 is 27.3 Å². The summed E-state index contributed by atoms with van der Waals surface area (Å²) in [6.07, 6.45) is 0.821. The van der Waals surface area contributed by atoms with Gasteiger partial charge in [-0.3, -0.25) is 11.3 Å². The van der Waals surface area contributed by atoms with E-state index < -0.39 is 0 Å². The van der Waals surface area contributed by atoms with Crippen LogP contribution in [0.15, 0.2) is 34.1 Å². The first-order valence-corrected chi connectivity index (χ1v) is 6.99. The number of rotatable bonds is 4. The Bertz CT molecular complexity index is 498. The SMILES string of the molecule is Cc1nc(C(Cc2ccccc2Br)NN)cs1. The van der Waals surface area contributed by atoms with Crippen molar-refractivity contribution in [2.24, 2.45) is 5.84 Å². The zero-order chi connectivity index (χ0) is 12.3. The topological polar surface area (TPSA) is 50.9 Å². The molecule has 1 heterocycles. The van der Waals surface area contributed by atoms with Crippen LogP contribution in [-0.2, 0) is 6.42 Å². The summed E-state index contributed by atoms with van der Waals surface area (Å²) in [5.41, 5.74) is 5.06. The van der Waals surface area contributed by atoms with Gasteiger partial charge in [-0.05, 0) is 25.0 Å². The van der Waals surface area contributed by atoms with Gasteiger partial charge in [-0.25, -0.2) is 4.98 Å². The van der Waals surface area contributed by atoms with Gasteiger partial charge in [-0.15, -0.1) is 11.3 Å². The summed E-state index contributed by atoms with van der Waals surface area (Å²) < 4.78 is 1.10. The van der Waals surface area contributed by atoms with Gasteiger partial charge in [0.25, 0.3) is 0 Å². The summed E-state index contributed by atoms with van der Waals surface area (Å²) >= 11 is 5.19. The smallest absolute Gasteiger partial charge is 0.0898 e. The first kappa shape index (κ1) is 12.7. The molecule has 0 spiro atoms. The molecule has 0 saturated carbocycles. The Morgan fingerprint density at radius 1 is 1.47 bits per heavy atom. The van der Waals surface area contributed by atoms with Crippen molar-refractivity contribution in [3.8, 4) is 0 Å². The molecule has 1 atom stereocenters. The molecule has 0 aliphatic heterocycles. The third kappa shape index (κ3) is 3.13. The lowest BCUT2D eigenvalue weighted by Gasteiger charge is -2.14. The van der Waals surface area contributed by atoms with Crippen LogP contribution in [0, 0.1) is 6.92 Å². The van der Waals surface area contributed by atoms with Crippen LogP contribution in [0.4, 0.5) is 0 Å². The highest BCUT2D eigenvalue weighted by Gasteiger charge is 2.14. The minimum Gasteiger partial charge on any atom is -0.271 e. The van der Waals surface area contributed by atoms with Crippen molar-refractivity contribution < 1.29 is 0 Å². The second-order valence-electron chi connectivity index (χ2n) is 3.81. The van der Waals surface area contributed by atoms with Crippen LogP contribution in [0.25, 0.3) is 0 Å². The van der Waals surface area contributed by atoms with E-state index in [-0.39, 0.29) is 6.04 Å². The predicted octanol–water partition coefficient (Wildman–Crippen LogP) is 2.96. The van der Waals surface area contributed by atoms with E-state index in [9.17, 15) is 0 Å². The van der Waals surface area contributed by atoms with Gasteiger partial charge < -0.3 is 0 Å². The molecule has 0 bridgehead atoms. The van der Waals surface area contributed by atoms with E-state index in [0.717, 1.165) is 21.6 Å². The zero-order valence-corrected chi connectivity index (χ0v) is 11.9. The highest BCUT2D eigenvalue weighted by Crippen LogP contribution is 2.24. The Morgan fingerprint density at radius 2 is 2.24 bits per heavy atom. The molecule has 90 valence electrons. The molecule has 5 heteroatoms. The van der Waals surface area contributed by atoms with Gasteiger partial charge in [0, 0.05) is 9.85 Å². The lowest BCUT2D eigenvalue weighted by atomic mass is 10.0. The first-order valence-electron chi connectivity index (χ1n) is 5.32. The zero-order valence-electron chi connectivity index (χ0n) is 9.48. The molecule has 0 fully saturated rings. The normalized spacial score (nSPS) is 12.6. The molecule has 2 aromatic rings. The summed E-state index contributed by atoms with van der Waals surface area (Å²) in [7, 11) is 0. The second-order valence-corrected chi connectivity index (χ2v) is 5.72. The Balaban J connectivity index is 2.18. The van der Waals surface area contributed by atoms with Crippen molar-refractivity contribution in [2.45, 2.75) is 19.4 Å². The minimum atomic E-state index is 0.0543. The molecule has 2 rings (SSSR count). The molecular formula is C12H14BrN3S. The Kier molecular flexibility index (Phi) is 4.28. The van der Waals surface area contributed by atoms with E-state index in [4.69, 9.17) is 5.84 Å². The molecular weight excluding hydrogens is 298 g/mol. The number of nitrogens with two attached hydrogens (primary N) is 1. The quantitative estimate of drug-likeness (QED) is 0.674. The summed E-state index contributed by atoms with van der Waals surface area (Å²) in [6.45, 7) is 2.00. The number of hydrazine groups is 1. The first-order chi connectivity index (χ1) is 8.20. The van der Waals surface area contributed by atoms with E-state index >= 15 is 0 Å². The molecule has 0 amide bonds. The molecule has 3 nitrogen and oxygen atoms in total. The summed E-state index contributed by atoms with van der Waals surface area (Å²) in [6, 6.07) is 8.22. The van der Waals surface area contributed by atoms with Crippen molar-refractivity contribution in [1.82, 2.24) is 10.4 Å². The number of hydrogen-bond donors (Lipinski definition) is 2. The van der Waals surface area contributed by atoms with Crippen molar-refractivity contribution in [2.75, 3.05) is 0 Å². The van der Waals surface area contributed by atoms with Crippen LogP contribution in [0.5, 0.6) is 0 Å². The maximum Gasteiger partial charge on any atom is 0.0898 e. The molecule has 1 aromatic carbocycles. The maximum atomic E-state index is 5.61. The predicted molar refractivity (Wildman–Crippen MR) is 74.8 cm³/mol. The fraction of sp³-hybridized carbons (Fsp3) is 0.250. The standard InChI is InChI=1S/C12H14BrN3S/c1-8-15-12(7-17-8)11(16-14)6-9-4-2-3-5-10(9)13/h2-5,7,11,16H,6,14H2,1H3. The fourth-order valence-electron chi connectivity index (χ4n) is 1.67. The van der Waals surface area contributed by atoms with Gasteiger partial charge >= 0.3 is 0 Å². The van der Waals surface area contributed by atoms with E-state index in [1.807, 2.05) is 25.1 Å². The molecule has 0 aliphatic rings. The highest BCUT2D eigenvalue weighted by atomic mass is 79.9. The molecule has 0 aliphatic carbocycles. The van der Waals surface area contributed by atoms with Gasteiger partial charge in [-0.2, -0.15) is 0 Å². The van der Waals surface area contributed by atoms with E-state index in [0.29, 0.717) is 0 Å². The van der Waals surface area contributed by atoms with Gasteiger partial charge in [0.2, 0.25) is 0 Å². The number of hydrogen-bond acceptors (Lipinski definition) is 4. The maximum absolute atomic E-state index is 5.61. The van der Waals surface area contributed by atoms with Crippen LogP contribution in [0.3, 0.4) is 0 Å². The molecule has 3 N–H and O–H groups in total. The molecule has 17 heavy (non-hydrogen) atoms. The lowest BCUT2D eigenvalue weighted by molar-refractivity contribution is 0.539. The number of aryl methyl sites for hydroxylation is 1. The fourth-order valence-corrected chi connectivity index (χ4v) is 2.79. The van der Waals surface area contributed by atoms with Crippen molar-refractivity contribution in [3.63, 3.8) is 0 Å². The molecule has 0 saturated heterocycles. The van der Waals surface area contributed by atoms with Crippen molar-refractivity contribution in [3.05, 3.63) is 50.4 Å². The number of benzene rings is 1. The number of thiazole rings is 1. The average molecular weight is 312 g/mol. The monoisotopic (exact) mass is 311 g/mol. The molecule has 1 aromatic heterocycles. The largest absolute Gasteiger partial charge is 0.271 e. The Hall–Kier alpha value is -0.750. The highest BCUT2D eigenvalue weighted by molar-refractivity contribution is 9.10. The number of nitrogens with zero attached hydrogens (tertiary/aromatic N) is 1. The Morgan fingerprint density at radius 3 is 2.82 bits per heavy atom. The third-order valence-electron chi connectivity index (χ3n) is 2.58. The van der Waals surface area contributed by atoms with Crippen molar-refractivity contribution >= 4 is 27.3 Å². The van der Waals surface area contributed by atoms with Crippen LogP contribution in [0.2, 0.25) is 0 Å². The summed E-state index contributed by atoms with van der Waals surface area (Å²) in [4.78, 5) is 4.47. The van der Waals surface area contributed by atoms with Crippen molar-refractivity contribution in [1.29, 1.82) is 0 Å². The van der Waals surface area contributed by atoms with Gasteiger partial charge in [0.15, 0.2) is 0 Å². The number of aromatic nitrogens is 1. The average Bonchev–Trinajstić information content (AvgIpc) is 2.75. The second kappa shape index (κ2) is 5.73. The minimum absolute atomic E-state index is 0.0543. The lowest BCUT2D eigenvalue weighted by Crippen LogP contribution is -2.29. The number of nitrogens with one attached hydrogen (secondary N) is 1. The Labute approximate surface area is 113 Å². The van der Waals surface area contributed by atoms with Crippen LogP contribution in [0.1, 0.15) is 22.3 Å². The summed E-state index contributed by atoms with van der Waals surface area (Å²) in [5.74, 6) is 5.61.